The molecule has 1 aliphatic rings. The molecule has 1 aliphatic heterocycles. The number of aliphatic hydroxyl groups is 1. The molecule has 1 unspecified atom stereocenters. The van der Waals surface area contributed by atoms with E-state index in [9.17, 15) is 9.18 Å². The van der Waals surface area contributed by atoms with Crippen LogP contribution in [0.25, 0.3) is 0 Å². The molecular formula is C12H14BrFN2O2. The lowest BCUT2D eigenvalue weighted by atomic mass is 10.1. The number of nitrogens with two attached hydrogens (primary N) is 1. The Morgan fingerprint density at radius 3 is 2.94 bits per heavy atom. The molecule has 0 aliphatic carbocycles. The zero-order chi connectivity index (χ0) is 13.3. The smallest absolute Gasteiger partial charge is 0.255 e. The van der Waals surface area contributed by atoms with Gasteiger partial charge in [-0.1, -0.05) is 0 Å². The van der Waals surface area contributed by atoms with Crippen LogP contribution in [0.3, 0.4) is 0 Å². The van der Waals surface area contributed by atoms with Gasteiger partial charge in [-0.3, -0.25) is 4.79 Å². The van der Waals surface area contributed by atoms with Gasteiger partial charge in [-0.2, -0.15) is 0 Å². The molecule has 1 aromatic carbocycles. The number of anilines is 1. The summed E-state index contributed by atoms with van der Waals surface area (Å²) in [4.78, 5) is 13.9. The zero-order valence-electron chi connectivity index (χ0n) is 9.70. The number of rotatable bonds is 2. The van der Waals surface area contributed by atoms with Crippen LogP contribution in [0.1, 0.15) is 16.8 Å². The first-order chi connectivity index (χ1) is 8.52. The first-order valence-electron chi connectivity index (χ1n) is 5.67. The fraction of sp³-hybridized carbons (Fsp3) is 0.417. The number of aliphatic hydroxyl groups excluding tert-OH is 1. The molecule has 0 spiro atoms. The molecule has 1 aromatic rings. The Morgan fingerprint density at radius 1 is 1.61 bits per heavy atom. The Labute approximate surface area is 113 Å². The summed E-state index contributed by atoms with van der Waals surface area (Å²) in [6, 6.07) is 2.54. The molecule has 6 heteroatoms. The highest BCUT2D eigenvalue weighted by Gasteiger charge is 2.27. The third kappa shape index (κ3) is 2.49. The van der Waals surface area contributed by atoms with E-state index in [0.717, 1.165) is 6.42 Å². The van der Waals surface area contributed by atoms with Gasteiger partial charge >= 0.3 is 0 Å². The van der Waals surface area contributed by atoms with Crippen LogP contribution in [0.2, 0.25) is 0 Å². The van der Waals surface area contributed by atoms with Crippen molar-refractivity contribution in [2.75, 3.05) is 25.4 Å². The third-order valence-corrected chi connectivity index (χ3v) is 3.80. The van der Waals surface area contributed by atoms with Crippen LogP contribution in [0.15, 0.2) is 16.6 Å². The standard InChI is InChI=1S/C12H14BrFN2O2/c13-9-4-10(14)11(15)3-8(9)12(18)16-2-1-7(5-16)6-17/h3-4,7,17H,1-2,5-6,15H2. The van der Waals surface area contributed by atoms with E-state index in [1.54, 1.807) is 4.90 Å². The molecule has 0 radical (unpaired) electrons. The van der Waals surface area contributed by atoms with Gasteiger partial charge in [-0.15, -0.1) is 0 Å². The highest BCUT2D eigenvalue weighted by Crippen LogP contribution is 2.26. The number of nitrogen functional groups attached to an aromatic ring is 1. The number of benzene rings is 1. The van der Waals surface area contributed by atoms with Crippen molar-refractivity contribution >= 4 is 27.5 Å². The fourth-order valence-corrected chi connectivity index (χ4v) is 2.55. The number of halogens is 2. The van der Waals surface area contributed by atoms with Crippen LogP contribution >= 0.6 is 15.9 Å². The lowest BCUT2D eigenvalue weighted by molar-refractivity contribution is 0.0781. The van der Waals surface area contributed by atoms with Gasteiger partial charge in [-0.25, -0.2) is 4.39 Å². The molecule has 1 fully saturated rings. The molecule has 1 amide bonds. The van der Waals surface area contributed by atoms with E-state index in [2.05, 4.69) is 15.9 Å². The third-order valence-electron chi connectivity index (χ3n) is 3.15. The molecule has 98 valence electrons. The normalized spacial score (nSPS) is 19.3. The minimum absolute atomic E-state index is 0.0422. The molecular weight excluding hydrogens is 303 g/mol. The maximum absolute atomic E-state index is 13.2. The van der Waals surface area contributed by atoms with E-state index in [1.807, 2.05) is 0 Å². The van der Waals surface area contributed by atoms with E-state index in [-0.39, 0.29) is 24.1 Å². The summed E-state index contributed by atoms with van der Waals surface area (Å²) in [5, 5.41) is 9.05. The Morgan fingerprint density at radius 2 is 2.33 bits per heavy atom. The molecule has 1 atom stereocenters. The number of nitrogens with zero attached hydrogens (tertiary/aromatic N) is 1. The lowest BCUT2D eigenvalue weighted by Crippen LogP contribution is -2.29. The molecule has 0 bridgehead atoms. The van der Waals surface area contributed by atoms with Crippen LogP contribution < -0.4 is 5.73 Å². The predicted octanol–water partition coefficient (Wildman–Crippen LogP) is 1.62. The van der Waals surface area contributed by atoms with Crippen LogP contribution in [-0.4, -0.2) is 35.6 Å². The molecule has 4 nitrogen and oxygen atoms in total. The maximum Gasteiger partial charge on any atom is 0.255 e. The summed E-state index contributed by atoms with van der Waals surface area (Å²) < 4.78 is 13.6. The van der Waals surface area contributed by atoms with Crippen LogP contribution in [0.5, 0.6) is 0 Å². The van der Waals surface area contributed by atoms with Crippen LogP contribution in [-0.2, 0) is 0 Å². The van der Waals surface area contributed by atoms with Crippen molar-refractivity contribution in [1.29, 1.82) is 0 Å². The number of hydrogen-bond acceptors (Lipinski definition) is 3. The summed E-state index contributed by atoms with van der Waals surface area (Å²) in [6.45, 7) is 1.21. The maximum atomic E-state index is 13.2. The summed E-state index contributed by atoms with van der Waals surface area (Å²) in [5.74, 6) is -0.608. The molecule has 0 saturated carbocycles. The molecule has 18 heavy (non-hydrogen) atoms. The molecule has 2 rings (SSSR count). The van der Waals surface area contributed by atoms with E-state index in [4.69, 9.17) is 10.8 Å². The average Bonchev–Trinajstić information content (AvgIpc) is 2.81. The van der Waals surface area contributed by atoms with Gasteiger partial charge < -0.3 is 15.7 Å². The number of hydrogen-bond donors (Lipinski definition) is 2. The van der Waals surface area contributed by atoms with Gasteiger partial charge in [0.15, 0.2) is 0 Å². The van der Waals surface area contributed by atoms with Crippen molar-refractivity contribution in [3.63, 3.8) is 0 Å². The first kappa shape index (κ1) is 13.3. The van der Waals surface area contributed by atoms with Crippen molar-refractivity contribution in [2.24, 2.45) is 5.92 Å². The highest BCUT2D eigenvalue weighted by molar-refractivity contribution is 9.10. The van der Waals surface area contributed by atoms with Crippen molar-refractivity contribution in [1.82, 2.24) is 4.90 Å². The lowest BCUT2D eigenvalue weighted by Gasteiger charge is -2.17. The summed E-state index contributed by atoms with van der Waals surface area (Å²) in [7, 11) is 0. The summed E-state index contributed by atoms with van der Waals surface area (Å²) in [5.41, 5.74) is 5.78. The topological polar surface area (TPSA) is 66.6 Å². The van der Waals surface area contributed by atoms with Crippen molar-refractivity contribution < 1.29 is 14.3 Å². The first-order valence-corrected chi connectivity index (χ1v) is 6.47. The van der Waals surface area contributed by atoms with E-state index < -0.39 is 5.82 Å². The summed E-state index contributed by atoms with van der Waals surface area (Å²) >= 11 is 3.17. The second-order valence-electron chi connectivity index (χ2n) is 4.44. The van der Waals surface area contributed by atoms with E-state index in [1.165, 1.54) is 12.1 Å². The van der Waals surface area contributed by atoms with Gasteiger partial charge in [0, 0.05) is 30.1 Å². The fourth-order valence-electron chi connectivity index (χ4n) is 2.07. The Kier molecular flexibility index (Phi) is 3.87. The molecule has 1 saturated heterocycles. The van der Waals surface area contributed by atoms with Crippen LogP contribution in [0, 0.1) is 11.7 Å². The number of amides is 1. The molecule has 0 aromatic heterocycles. The SMILES string of the molecule is Nc1cc(C(=O)N2CCC(CO)C2)c(Br)cc1F. The second-order valence-corrected chi connectivity index (χ2v) is 5.30. The monoisotopic (exact) mass is 316 g/mol. The Hall–Kier alpha value is -1.14. The number of carbonyl (C=O) groups excluding carboxylic acids is 1. The zero-order valence-corrected chi connectivity index (χ0v) is 11.3. The second kappa shape index (κ2) is 5.24. The molecule has 3 N–H and O–H groups in total. The van der Waals surface area contributed by atoms with Gasteiger partial charge in [0.2, 0.25) is 0 Å². The summed E-state index contributed by atoms with van der Waals surface area (Å²) in [6.07, 6.45) is 0.788. The Bertz CT molecular complexity index is 481. The highest BCUT2D eigenvalue weighted by atomic mass is 79.9. The quantitative estimate of drug-likeness (QED) is 0.815. The van der Waals surface area contributed by atoms with E-state index >= 15 is 0 Å². The van der Waals surface area contributed by atoms with Crippen molar-refractivity contribution in [3.8, 4) is 0 Å². The van der Waals surface area contributed by atoms with Crippen LogP contribution in [0.4, 0.5) is 10.1 Å². The van der Waals surface area contributed by atoms with Crippen molar-refractivity contribution in [3.05, 3.63) is 28.0 Å². The van der Waals surface area contributed by atoms with Gasteiger partial charge in [-0.05, 0) is 34.5 Å². The minimum Gasteiger partial charge on any atom is -0.396 e. The number of carbonyl (C=O) groups is 1. The average molecular weight is 317 g/mol. The van der Waals surface area contributed by atoms with Gasteiger partial charge in [0.25, 0.3) is 5.91 Å². The number of likely N-dealkylation sites (tertiary alicyclic amines) is 1. The largest absolute Gasteiger partial charge is 0.396 e. The Balaban J connectivity index is 2.22. The van der Waals surface area contributed by atoms with E-state index in [0.29, 0.717) is 23.1 Å². The van der Waals surface area contributed by atoms with Gasteiger partial charge in [0.05, 0.1) is 11.3 Å². The molecule has 1 heterocycles. The van der Waals surface area contributed by atoms with Gasteiger partial charge in [0.1, 0.15) is 5.82 Å². The minimum atomic E-state index is -0.548. The van der Waals surface area contributed by atoms with Crippen molar-refractivity contribution in [2.45, 2.75) is 6.42 Å². The predicted molar refractivity (Wildman–Crippen MR) is 69.6 cm³/mol.